The average Bonchev–Trinajstić information content (AvgIpc) is 2.35. The lowest BCUT2D eigenvalue weighted by Crippen LogP contribution is -2.58. The van der Waals surface area contributed by atoms with Crippen molar-refractivity contribution in [2.45, 2.75) is 66.1 Å². The van der Waals surface area contributed by atoms with E-state index in [1.807, 2.05) is 27.7 Å². The highest BCUT2D eigenvalue weighted by atomic mass is 16.7. The smallest absolute Gasteiger partial charge is 0.302 e. The predicted molar refractivity (Wildman–Crippen MR) is 77.4 cm³/mol. The van der Waals surface area contributed by atoms with Crippen molar-refractivity contribution >= 4 is 11.9 Å². The van der Waals surface area contributed by atoms with E-state index in [2.05, 4.69) is 5.32 Å². The zero-order chi connectivity index (χ0) is 16.2. The second-order valence-electron chi connectivity index (χ2n) is 5.97. The van der Waals surface area contributed by atoms with Gasteiger partial charge in [-0.15, -0.1) is 0 Å². The van der Waals surface area contributed by atoms with Gasteiger partial charge in [0.15, 0.2) is 6.29 Å². The molecule has 1 amide bonds. The number of carbonyl (C=O) groups excluding carboxylic acids is 2. The minimum Gasteiger partial charge on any atom is -0.463 e. The second-order valence-corrected chi connectivity index (χ2v) is 5.97. The maximum absolute atomic E-state index is 11.4. The number of rotatable bonds is 5. The van der Waals surface area contributed by atoms with Gasteiger partial charge in [-0.3, -0.25) is 9.59 Å². The highest BCUT2D eigenvalue weighted by Gasteiger charge is 2.43. The van der Waals surface area contributed by atoms with Crippen molar-refractivity contribution in [3.05, 3.63) is 0 Å². The van der Waals surface area contributed by atoms with Gasteiger partial charge in [-0.1, -0.05) is 13.8 Å². The van der Waals surface area contributed by atoms with Crippen LogP contribution in [0.15, 0.2) is 0 Å². The number of esters is 1. The molecule has 5 atom stereocenters. The molecule has 1 fully saturated rings. The highest BCUT2D eigenvalue weighted by Crippen LogP contribution is 2.32. The largest absolute Gasteiger partial charge is 0.463 e. The Morgan fingerprint density at radius 3 is 2.29 bits per heavy atom. The number of nitrogens with one attached hydrogen (secondary N) is 1. The molecule has 0 aromatic carbocycles. The molecular formula is C15H27NO5. The van der Waals surface area contributed by atoms with E-state index in [0.717, 1.165) is 0 Å². The summed E-state index contributed by atoms with van der Waals surface area (Å²) in [4.78, 5) is 22.4. The molecule has 1 saturated heterocycles. The molecule has 122 valence electrons. The topological polar surface area (TPSA) is 73.9 Å². The van der Waals surface area contributed by atoms with Crippen LogP contribution in [0.2, 0.25) is 0 Å². The van der Waals surface area contributed by atoms with E-state index in [0.29, 0.717) is 0 Å². The van der Waals surface area contributed by atoms with E-state index < -0.39 is 6.29 Å². The van der Waals surface area contributed by atoms with Gasteiger partial charge < -0.3 is 19.5 Å². The lowest BCUT2D eigenvalue weighted by atomic mass is 9.82. The molecule has 0 spiro atoms. The molecule has 1 rings (SSSR count). The Morgan fingerprint density at radius 1 is 1.19 bits per heavy atom. The Bertz CT molecular complexity index is 369. The number of hydrogen-bond donors (Lipinski definition) is 1. The Morgan fingerprint density at radius 2 is 1.81 bits per heavy atom. The van der Waals surface area contributed by atoms with Gasteiger partial charge in [0.05, 0.1) is 18.2 Å². The highest BCUT2D eigenvalue weighted by molar-refractivity contribution is 5.73. The third-order valence-electron chi connectivity index (χ3n) is 3.81. The fraction of sp³-hybridized carbons (Fsp3) is 0.867. The third kappa shape index (κ3) is 5.28. The summed E-state index contributed by atoms with van der Waals surface area (Å²) < 4.78 is 16.8. The molecule has 0 saturated carbocycles. The van der Waals surface area contributed by atoms with Crippen molar-refractivity contribution in [1.29, 1.82) is 0 Å². The van der Waals surface area contributed by atoms with Gasteiger partial charge in [-0.2, -0.15) is 0 Å². The summed E-state index contributed by atoms with van der Waals surface area (Å²) in [6, 6.07) is -0.214. The van der Waals surface area contributed by atoms with Crippen molar-refractivity contribution in [3.63, 3.8) is 0 Å². The molecule has 0 aromatic heterocycles. The molecule has 21 heavy (non-hydrogen) atoms. The summed E-state index contributed by atoms with van der Waals surface area (Å²) >= 11 is 0. The van der Waals surface area contributed by atoms with Crippen LogP contribution in [0.5, 0.6) is 0 Å². The van der Waals surface area contributed by atoms with E-state index in [1.54, 1.807) is 0 Å². The Kier molecular flexibility index (Phi) is 6.61. The van der Waals surface area contributed by atoms with E-state index in [9.17, 15) is 9.59 Å². The van der Waals surface area contributed by atoms with Crippen LogP contribution < -0.4 is 5.32 Å². The number of carbonyl (C=O) groups is 2. The van der Waals surface area contributed by atoms with Crippen LogP contribution in [0.1, 0.15) is 41.5 Å². The fourth-order valence-electron chi connectivity index (χ4n) is 2.50. The monoisotopic (exact) mass is 301 g/mol. The fourth-order valence-corrected chi connectivity index (χ4v) is 2.50. The van der Waals surface area contributed by atoms with Gasteiger partial charge in [0, 0.05) is 13.8 Å². The third-order valence-corrected chi connectivity index (χ3v) is 3.81. The molecule has 1 N–H and O–H groups in total. The summed E-state index contributed by atoms with van der Waals surface area (Å²) in [5.74, 6) is -0.164. The van der Waals surface area contributed by atoms with Gasteiger partial charge in [-0.25, -0.2) is 0 Å². The van der Waals surface area contributed by atoms with Gasteiger partial charge in [-0.05, 0) is 25.7 Å². The molecular weight excluding hydrogens is 274 g/mol. The van der Waals surface area contributed by atoms with Crippen molar-refractivity contribution in [1.82, 2.24) is 5.32 Å². The van der Waals surface area contributed by atoms with Crippen LogP contribution in [0.25, 0.3) is 0 Å². The predicted octanol–water partition coefficient (Wildman–Crippen LogP) is 1.48. The van der Waals surface area contributed by atoms with Gasteiger partial charge in [0.25, 0.3) is 0 Å². The molecule has 1 aliphatic heterocycles. The quantitative estimate of drug-likeness (QED) is 0.779. The molecule has 0 bridgehead atoms. The molecule has 2 unspecified atom stereocenters. The Balaban J connectivity index is 2.82. The van der Waals surface area contributed by atoms with Gasteiger partial charge in [0.2, 0.25) is 5.91 Å². The first-order valence-electron chi connectivity index (χ1n) is 7.43. The lowest BCUT2D eigenvalue weighted by molar-refractivity contribution is -0.254. The summed E-state index contributed by atoms with van der Waals surface area (Å²) in [5.41, 5.74) is 0. The lowest BCUT2D eigenvalue weighted by Gasteiger charge is -2.44. The standard InChI is InChI=1S/C15H27NO5/c1-8(2)20-15-14(16-11(5)17)10(4)9(3)13(21-15)7-19-12(6)18/h8-10,13-15H,7H2,1-6H3,(H,16,17)/t9-,10-,13?,14?,15+/m0/s1. The summed E-state index contributed by atoms with van der Waals surface area (Å²) in [5, 5.41) is 2.91. The van der Waals surface area contributed by atoms with Crippen LogP contribution in [-0.4, -0.2) is 43.0 Å². The van der Waals surface area contributed by atoms with Crippen molar-refractivity contribution in [3.8, 4) is 0 Å². The van der Waals surface area contributed by atoms with E-state index in [1.165, 1.54) is 13.8 Å². The van der Waals surface area contributed by atoms with Crippen LogP contribution >= 0.6 is 0 Å². The zero-order valence-corrected chi connectivity index (χ0v) is 13.7. The number of amides is 1. The summed E-state index contributed by atoms with van der Waals surface area (Å²) in [6.45, 7) is 11.0. The number of hydrogen-bond acceptors (Lipinski definition) is 5. The van der Waals surface area contributed by atoms with Crippen LogP contribution in [0.4, 0.5) is 0 Å². The Hall–Kier alpha value is -1.14. The molecule has 6 heteroatoms. The minimum absolute atomic E-state index is 0.0266. The molecule has 0 radical (unpaired) electrons. The van der Waals surface area contributed by atoms with Gasteiger partial charge >= 0.3 is 5.97 Å². The van der Waals surface area contributed by atoms with Crippen LogP contribution in [0.3, 0.4) is 0 Å². The first kappa shape index (κ1) is 17.9. The summed E-state index contributed by atoms with van der Waals surface area (Å²) in [7, 11) is 0. The number of ether oxygens (including phenoxy) is 3. The molecule has 6 nitrogen and oxygen atoms in total. The first-order valence-corrected chi connectivity index (χ1v) is 7.43. The van der Waals surface area contributed by atoms with Crippen molar-refractivity contribution in [2.24, 2.45) is 11.8 Å². The Labute approximate surface area is 126 Å². The maximum atomic E-state index is 11.4. The summed E-state index contributed by atoms with van der Waals surface area (Å²) in [6.07, 6.45) is -0.806. The molecule has 1 heterocycles. The van der Waals surface area contributed by atoms with Crippen molar-refractivity contribution < 1.29 is 23.8 Å². The minimum atomic E-state index is -0.541. The molecule has 1 aliphatic rings. The van der Waals surface area contributed by atoms with Gasteiger partial charge in [0.1, 0.15) is 6.61 Å². The molecule has 0 aromatic rings. The van der Waals surface area contributed by atoms with Crippen molar-refractivity contribution in [2.75, 3.05) is 6.61 Å². The van der Waals surface area contributed by atoms with E-state index in [-0.39, 0.29) is 48.6 Å². The average molecular weight is 301 g/mol. The first-order chi connectivity index (χ1) is 9.72. The van der Waals surface area contributed by atoms with Crippen LogP contribution in [-0.2, 0) is 23.8 Å². The zero-order valence-electron chi connectivity index (χ0n) is 13.7. The second kappa shape index (κ2) is 7.75. The normalized spacial score (nSPS) is 32.8. The SMILES string of the molecule is CC(=O)NC1[C@H](OC(C)C)OC(COC(C)=O)[C@@H](C)[C@@H]1C. The maximum Gasteiger partial charge on any atom is 0.302 e. The van der Waals surface area contributed by atoms with E-state index >= 15 is 0 Å². The van der Waals surface area contributed by atoms with E-state index in [4.69, 9.17) is 14.2 Å². The van der Waals surface area contributed by atoms with Crippen LogP contribution in [0, 0.1) is 11.8 Å². The molecule has 0 aliphatic carbocycles.